The molecule has 2 N–H and O–H groups in total. The maximum absolute atomic E-state index is 5.87. The molecule has 80 valence electrons. The number of fused-ring (bicyclic) bond motifs is 1. The molecule has 0 saturated carbocycles. The highest BCUT2D eigenvalue weighted by Gasteiger charge is 2.03. The molecule has 1 heterocycles. The Bertz CT molecular complexity index is 581. The van der Waals surface area contributed by atoms with Gasteiger partial charge < -0.3 is 5.73 Å². The predicted octanol–water partition coefficient (Wildman–Crippen LogP) is 2.40. The van der Waals surface area contributed by atoms with Crippen LogP contribution in [0.2, 0.25) is 0 Å². The van der Waals surface area contributed by atoms with E-state index in [4.69, 9.17) is 5.73 Å². The Kier molecular flexibility index (Phi) is 2.71. The van der Waals surface area contributed by atoms with E-state index in [1.54, 1.807) is 0 Å². The van der Waals surface area contributed by atoms with Crippen molar-refractivity contribution in [3.8, 4) is 0 Å². The lowest BCUT2D eigenvalue weighted by molar-refractivity contribution is 1.10. The zero-order valence-corrected chi connectivity index (χ0v) is 9.20. The molecule has 0 atom stereocenters. The summed E-state index contributed by atoms with van der Waals surface area (Å²) in [6.07, 6.45) is 2.68. The Morgan fingerprint density at radius 3 is 3.00 bits per heavy atom. The van der Waals surface area contributed by atoms with Crippen molar-refractivity contribution >= 4 is 16.7 Å². The highest BCUT2D eigenvalue weighted by molar-refractivity contribution is 5.88. The molecule has 0 aliphatic rings. The van der Waals surface area contributed by atoms with E-state index in [0.717, 1.165) is 22.9 Å². The lowest BCUT2D eigenvalue weighted by Gasteiger charge is -2.04. The smallest absolute Gasteiger partial charge is 0.135 e. The Hall–Kier alpha value is -2.12. The summed E-state index contributed by atoms with van der Waals surface area (Å²) in [5.41, 5.74) is 10.7. The predicted molar refractivity (Wildman–Crippen MR) is 66.1 cm³/mol. The molecule has 16 heavy (non-hydrogen) atoms. The van der Waals surface area contributed by atoms with Gasteiger partial charge in [0, 0.05) is 5.39 Å². The number of allylic oxidation sites excluding steroid dienone is 1. The molecular weight excluding hydrogens is 198 g/mol. The summed E-state index contributed by atoms with van der Waals surface area (Å²) in [5, 5.41) is 0.903. The number of benzene rings is 1. The average molecular weight is 211 g/mol. The van der Waals surface area contributed by atoms with Crippen molar-refractivity contribution in [2.24, 2.45) is 0 Å². The monoisotopic (exact) mass is 211 g/mol. The van der Waals surface area contributed by atoms with E-state index < -0.39 is 0 Å². The fourth-order valence-corrected chi connectivity index (χ4v) is 1.64. The molecule has 0 amide bonds. The van der Waals surface area contributed by atoms with Crippen molar-refractivity contribution in [3.05, 3.63) is 48.0 Å². The molecule has 2 rings (SSSR count). The van der Waals surface area contributed by atoms with Gasteiger partial charge in [-0.05, 0) is 37.1 Å². The SMILES string of the molecule is C=C=CCc1ccc2nc(C)nc(N)c2c1. The van der Waals surface area contributed by atoms with E-state index in [2.05, 4.69) is 22.3 Å². The van der Waals surface area contributed by atoms with E-state index in [9.17, 15) is 0 Å². The van der Waals surface area contributed by atoms with Crippen molar-refractivity contribution in [3.63, 3.8) is 0 Å². The Morgan fingerprint density at radius 1 is 1.44 bits per heavy atom. The summed E-state index contributed by atoms with van der Waals surface area (Å²) in [5.74, 6) is 1.23. The van der Waals surface area contributed by atoms with Crippen molar-refractivity contribution in [2.45, 2.75) is 13.3 Å². The zero-order valence-electron chi connectivity index (χ0n) is 9.20. The van der Waals surface area contributed by atoms with Gasteiger partial charge in [0.1, 0.15) is 11.6 Å². The Balaban J connectivity index is 2.57. The second kappa shape index (κ2) is 4.17. The van der Waals surface area contributed by atoms with E-state index in [0.29, 0.717) is 11.6 Å². The van der Waals surface area contributed by atoms with Crippen molar-refractivity contribution in [1.82, 2.24) is 9.97 Å². The van der Waals surface area contributed by atoms with E-state index in [-0.39, 0.29) is 0 Å². The standard InChI is InChI=1S/C13H13N3/c1-3-4-5-10-6-7-12-11(8-10)13(14)16-9(2)15-12/h4,6-8H,1,5H2,2H3,(H2,14,15,16). The molecular formula is C13H13N3. The molecule has 0 saturated heterocycles. The van der Waals surface area contributed by atoms with Gasteiger partial charge in [-0.3, -0.25) is 0 Å². The summed E-state index contributed by atoms with van der Waals surface area (Å²) >= 11 is 0. The Labute approximate surface area is 94.3 Å². The van der Waals surface area contributed by atoms with Gasteiger partial charge in [-0.25, -0.2) is 9.97 Å². The van der Waals surface area contributed by atoms with Crippen LogP contribution in [-0.2, 0) is 6.42 Å². The lowest BCUT2D eigenvalue weighted by Crippen LogP contribution is -1.97. The van der Waals surface area contributed by atoms with Crippen LogP contribution in [0.4, 0.5) is 5.82 Å². The Morgan fingerprint density at radius 2 is 2.25 bits per heavy atom. The molecule has 0 radical (unpaired) electrons. The molecule has 0 aliphatic heterocycles. The van der Waals surface area contributed by atoms with Crippen LogP contribution in [0.5, 0.6) is 0 Å². The second-order valence-electron chi connectivity index (χ2n) is 3.62. The van der Waals surface area contributed by atoms with Crippen molar-refractivity contribution in [2.75, 3.05) is 5.73 Å². The van der Waals surface area contributed by atoms with Crippen molar-refractivity contribution < 1.29 is 0 Å². The third-order valence-electron chi connectivity index (χ3n) is 2.38. The van der Waals surface area contributed by atoms with Crippen LogP contribution in [-0.4, -0.2) is 9.97 Å². The van der Waals surface area contributed by atoms with Gasteiger partial charge in [-0.1, -0.05) is 12.6 Å². The van der Waals surface area contributed by atoms with Crippen LogP contribution in [0.15, 0.2) is 36.6 Å². The van der Waals surface area contributed by atoms with E-state index >= 15 is 0 Å². The number of anilines is 1. The molecule has 0 spiro atoms. The number of nitrogen functional groups attached to an aromatic ring is 1. The third-order valence-corrected chi connectivity index (χ3v) is 2.38. The summed E-state index contributed by atoms with van der Waals surface area (Å²) in [7, 11) is 0. The van der Waals surface area contributed by atoms with E-state index in [1.807, 2.05) is 31.2 Å². The first-order chi connectivity index (χ1) is 7.70. The normalized spacial score (nSPS) is 10.1. The molecule has 3 heteroatoms. The fraction of sp³-hybridized carbons (Fsp3) is 0.154. The molecule has 2 aromatic rings. The topological polar surface area (TPSA) is 51.8 Å². The number of aromatic nitrogens is 2. The summed E-state index contributed by atoms with van der Waals surface area (Å²) < 4.78 is 0. The van der Waals surface area contributed by atoms with Crippen LogP contribution >= 0.6 is 0 Å². The number of hydrogen-bond acceptors (Lipinski definition) is 3. The quantitative estimate of drug-likeness (QED) is 0.776. The maximum atomic E-state index is 5.87. The number of nitrogens with zero attached hydrogens (tertiary/aromatic N) is 2. The first kappa shape index (κ1) is 10.4. The fourth-order valence-electron chi connectivity index (χ4n) is 1.64. The van der Waals surface area contributed by atoms with Gasteiger partial charge in [0.2, 0.25) is 0 Å². The summed E-state index contributed by atoms with van der Waals surface area (Å²) in [6.45, 7) is 5.37. The molecule has 0 unspecified atom stereocenters. The molecule has 0 bridgehead atoms. The number of hydrogen-bond donors (Lipinski definition) is 1. The summed E-state index contributed by atoms with van der Waals surface area (Å²) in [6, 6.07) is 6.01. The molecule has 1 aromatic carbocycles. The van der Waals surface area contributed by atoms with Crippen LogP contribution in [0.1, 0.15) is 11.4 Å². The van der Waals surface area contributed by atoms with Crippen molar-refractivity contribution in [1.29, 1.82) is 0 Å². The van der Waals surface area contributed by atoms with Crippen LogP contribution < -0.4 is 5.73 Å². The zero-order chi connectivity index (χ0) is 11.5. The molecule has 1 aromatic heterocycles. The number of aryl methyl sites for hydroxylation is 1. The molecule has 3 nitrogen and oxygen atoms in total. The largest absolute Gasteiger partial charge is 0.383 e. The minimum atomic E-state index is 0.534. The number of nitrogens with two attached hydrogens (primary N) is 1. The van der Waals surface area contributed by atoms with Crippen LogP contribution in [0, 0.1) is 6.92 Å². The molecule has 0 fully saturated rings. The maximum Gasteiger partial charge on any atom is 0.135 e. The van der Waals surface area contributed by atoms with Crippen LogP contribution in [0.25, 0.3) is 10.9 Å². The van der Waals surface area contributed by atoms with E-state index in [1.165, 1.54) is 0 Å². The minimum Gasteiger partial charge on any atom is -0.383 e. The number of rotatable bonds is 2. The minimum absolute atomic E-state index is 0.534. The first-order valence-corrected chi connectivity index (χ1v) is 5.08. The lowest BCUT2D eigenvalue weighted by atomic mass is 10.1. The first-order valence-electron chi connectivity index (χ1n) is 5.08. The highest BCUT2D eigenvalue weighted by atomic mass is 14.9. The van der Waals surface area contributed by atoms with Gasteiger partial charge in [-0.2, -0.15) is 0 Å². The summed E-state index contributed by atoms with van der Waals surface area (Å²) in [4.78, 5) is 8.48. The molecule has 0 aliphatic carbocycles. The third kappa shape index (κ3) is 1.95. The van der Waals surface area contributed by atoms with Gasteiger partial charge in [-0.15, -0.1) is 5.73 Å². The van der Waals surface area contributed by atoms with Gasteiger partial charge in [0.15, 0.2) is 0 Å². The van der Waals surface area contributed by atoms with Crippen LogP contribution in [0.3, 0.4) is 0 Å². The van der Waals surface area contributed by atoms with Gasteiger partial charge in [0.25, 0.3) is 0 Å². The second-order valence-corrected chi connectivity index (χ2v) is 3.62. The average Bonchev–Trinajstić information content (AvgIpc) is 2.26. The highest BCUT2D eigenvalue weighted by Crippen LogP contribution is 2.19. The van der Waals surface area contributed by atoms with Gasteiger partial charge in [0.05, 0.1) is 5.52 Å². The van der Waals surface area contributed by atoms with Gasteiger partial charge >= 0.3 is 0 Å².